The van der Waals surface area contributed by atoms with Crippen LogP contribution in [0.15, 0.2) is 85.2 Å². The molecule has 2 aromatic carbocycles. The highest BCUT2D eigenvalue weighted by Gasteiger charge is 2.10. The molecule has 0 unspecified atom stereocenters. The number of rotatable bonds is 3. The van der Waals surface area contributed by atoms with E-state index in [4.69, 9.17) is 0 Å². The van der Waals surface area contributed by atoms with Crippen LogP contribution < -0.4 is 0 Å². The molecular weight excluding hydrogens is 294 g/mol. The van der Waals surface area contributed by atoms with E-state index in [1.807, 2.05) is 29.8 Å². The van der Waals surface area contributed by atoms with Crippen molar-refractivity contribution in [3.63, 3.8) is 0 Å². The first-order valence-electron chi connectivity index (χ1n) is 7.94. The van der Waals surface area contributed by atoms with Gasteiger partial charge < -0.3 is 0 Å². The Kier molecular flexibility index (Phi) is 3.67. The molecule has 0 saturated heterocycles. The van der Waals surface area contributed by atoms with Crippen molar-refractivity contribution in [2.75, 3.05) is 0 Å². The molecule has 2 aromatic heterocycles. The minimum absolute atomic E-state index is 0.994. The number of pyridine rings is 1. The third-order valence-corrected chi connectivity index (χ3v) is 4.03. The van der Waals surface area contributed by atoms with Crippen LogP contribution in [0.25, 0.3) is 28.1 Å². The summed E-state index contributed by atoms with van der Waals surface area (Å²) in [6, 6.07) is 25.1. The van der Waals surface area contributed by atoms with E-state index in [2.05, 4.69) is 64.7 Å². The van der Waals surface area contributed by atoms with Crippen LogP contribution >= 0.6 is 0 Å². The number of hydrogen-bond acceptors (Lipinski definition) is 2. The molecule has 0 fully saturated rings. The largest absolute Gasteiger partial charge is 0.265 e. The Labute approximate surface area is 141 Å². The molecule has 0 radical (unpaired) electrons. The van der Waals surface area contributed by atoms with E-state index in [-0.39, 0.29) is 0 Å². The lowest BCUT2D eigenvalue weighted by Gasteiger charge is -2.08. The highest BCUT2D eigenvalue weighted by atomic mass is 15.3. The molecular formula is C21H17N3. The number of aromatic nitrogens is 3. The fraction of sp³-hybridized carbons (Fsp3) is 0.0476. The van der Waals surface area contributed by atoms with Gasteiger partial charge in [-0.05, 0) is 36.2 Å². The summed E-state index contributed by atoms with van der Waals surface area (Å²) < 4.78 is 1.97. The van der Waals surface area contributed by atoms with Gasteiger partial charge in [0, 0.05) is 18.0 Å². The van der Waals surface area contributed by atoms with Crippen LogP contribution in [0.5, 0.6) is 0 Å². The van der Waals surface area contributed by atoms with E-state index in [9.17, 15) is 0 Å². The Morgan fingerprint density at radius 1 is 0.708 bits per heavy atom. The molecule has 3 heteroatoms. The topological polar surface area (TPSA) is 30.7 Å². The van der Waals surface area contributed by atoms with E-state index in [0.29, 0.717) is 0 Å². The van der Waals surface area contributed by atoms with Crippen LogP contribution in [0.2, 0.25) is 0 Å². The summed E-state index contributed by atoms with van der Waals surface area (Å²) in [4.78, 5) is 4.08. The Morgan fingerprint density at radius 2 is 1.33 bits per heavy atom. The van der Waals surface area contributed by atoms with Gasteiger partial charge in [-0.3, -0.25) is 4.98 Å². The minimum atomic E-state index is 0.994. The highest BCUT2D eigenvalue weighted by molar-refractivity contribution is 5.69. The van der Waals surface area contributed by atoms with Crippen molar-refractivity contribution in [2.24, 2.45) is 0 Å². The normalized spacial score (nSPS) is 10.7. The Bertz CT molecular complexity index is 940. The second kappa shape index (κ2) is 6.13. The first kappa shape index (κ1) is 14.4. The molecule has 3 nitrogen and oxygen atoms in total. The number of aryl methyl sites for hydroxylation is 1. The molecule has 0 bridgehead atoms. The summed E-state index contributed by atoms with van der Waals surface area (Å²) in [6.45, 7) is 2.01. The maximum atomic E-state index is 4.63. The second-order valence-corrected chi connectivity index (χ2v) is 5.73. The van der Waals surface area contributed by atoms with E-state index >= 15 is 0 Å². The van der Waals surface area contributed by atoms with Gasteiger partial charge in [0.15, 0.2) is 0 Å². The monoisotopic (exact) mass is 311 g/mol. The van der Waals surface area contributed by atoms with Crippen molar-refractivity contribution < 1.29 is 0 Å². The Balaban J connectivity index is 1.75. The van der Waals surface area contributed by atoms with Crippen LogP contribution in [0.4, 0.5) is 0 Å². The van der Waals surface area contributed by atoms with Gasteiger partial charge in [0.25, 0.3) is 0 Å². The average molecular weight is 311 g/mol. The number of benzene rings is 2. The van der Waals surface area contributed by atoms with Crippen molar-refractivity contribution in [2.45, 2.75) is 6.92 Å². The summed E-state index contributed by atoms with van der Waals surface area (Å²) in [5.41, 5.74) is 6.67. The smallest absolute Gasteiger partial charge is 0.0743 e. The number of hydrogen-bond donors (Lipinski definition) is 0. The van der Waals surface area contributed by atoms with Gasteiger partial charge in [0.1, 0.15) is 0 Å². The zero-order chi connectivity index (χ0) is 16.4. The van der Waals surface area contributed by atoms with Crippen LogP contribution in [0.1, 0.15) is 5.69 Å². The van der Waals surface area contributed by atoms with Crippen molar-refractivity contribution in [3.05, 3.63) is 90.9 Å². The summed E-state index contributed by atoms with van der Waals surface area (Å²) in [5.74, 6) is 0. The summed E-state index contributed by atoms with van der Waals surface area (Å²) in [5, 5.41) is 4.63. The van der Waals surface area contributed by atoms with Crippen LogP contribution in [-0.4, -0.2) is 14.8 Å². The van der Waals surface area contributed by atoms with Gasteiger partial charge in [-0.2, -0.15) is 5.10 Å². The fourth-order valence-corrected chi connectivity index (χ4v) is 2.85. The third kappa shape index (κ3) is 2.72. The van der Waals surface area contributed by atoms with Gasteiger partial charge in [0.2, 0.25) is 0 Å². The second-order valence-electron chi connectivity index (χ2n) is 5.73. The van der Waals surface area contributed by atoms with Crippen molar-refractivity contribution in [1.82, 2.24) is 14.8 Å². The van der Waals surface area contributed by atoms with Crippen LogP contribution in [0, 0.1) is 6.92 Å². The number of nitrogens with zero attached hydrogens (tertiary/aromatic N) is 3. The SMILES string of the molecule is Cc1cc(-c2ccc(-c3ccccc3)cc2)n(-c2ccncc2)n1. The quantitative estimate of drug-likeness (QED) is 0.538. The van der Waals surface area contributed by atoms with Gasteiger partial charge in [-0.15, -0.1) is 0 Å². The van der Waals surface area contributed by atoms with E-state index < -0.39 is 0 Å². The summed E-state index contributed by atoms with van der Waals surface area (Å²) in [7, 11) is 0. The Hall–Kier alpha value is -3.20. The van der Waals surface area contributed by atoms with E-state index in [0.717, 1.165) is 22.6 Å². The van der Waals surface area contributed by atoms with Gasteiger partial charge >= 0.3 is 0 Å². The standard InChI is InChI=1S/C21H17N3/c1-16-15-21(24(23-16)20-11-13-22-14-12-20)19-9-7-18(8-10-19)17-5-3-2-4-6-17/h2-15H,1H3. The zero-order valence-electron chi connectivity index (χ0n) is 13.4. The molecule has 4 rings (SSSR count). The van der Waals surface area contributed by atoms with Crippen molar-refractivity contribution >= 4 is 0 Å². The van der Waals surface area contributed by atoms with Crippen LogP contribution in [-0.2, 0) is 0 Å². The fourth-order valence-electron chi connectivity index (χ4n) is 2.85. The molecule has 24 heavy (non-hydrogen) atoms. The first-order chi connectivity index (χ1) is 11.8. The van der Waals surface area contributed by atoms with Crippen molar-refractivity contribution in [1.29, 1.82) is 0 Å². The lowest BCUT2D eigenvalue weighted by molar-refractivity contribution is 0.867. The molecule has 0 N–H and O–H groups in total. The predicted molar refractivity (Wildman–Crippen MR) is 97.0 cm³/mol. The lowest BCUT2D eigenvalue weighted by Crippen LogP contribution is -1.99. The molecule has 0 amide bonds. The molecule has 116 valence electrons. The molecule has 0 aliphatic rings. The predicted octanol–water partition coefficient (Wildman–Crippen LogP) is 4.91. The van der Waals surface area contributed by atoms with Crippen LogP contribution in [0.3, 0.4) is 0 Å². The van der Waals surface area contributed by atoms with Gasteiger partial charge in [-0.1, -0.05) is 54.6 Å². The first-order valence-corrected chi connectivity index (χ1v) is 7.94. The molecule has 0 spiro atoms. The summed E-state index contributed by atoms with van der Waals surface area (Å²) in [6.07, 6.45) is 3.57. The van der Waals surface area contributed by atoms with Crippen molar-refractivity contribution in [3.8, 4) is 28.1 Å². The highest BCUT2D eigenvalue weighted by Crippen LogP contribution is 2.27. The molecule has 0 aliphatic carbocycles. The zero-order valence-corrected chi connectivity index (χ0v) is 13.4. The maximum absolute atomic E-state index is 4.63. The molecule has 4 aromatic rings. The average Bonchev–Trinajstić information content (AvgIpc) is 3.05. The molecule has 0 aliphatic heterocycles. The Morgan fingerprint density at radius 3 is 2.04 bits per heavy atom. The molecule has 2 heterocycles. The van der Waals surface area contributed by atoms with E-state index in [1.54, 1.807) is 12.4 Å². The van der Waals surface area contributed by atoms with Gasteiger partial charge in [0.05, 0.1) is 17.1 Å². The van der Waals surface area contributed by atoms with E-state index in [1.165, 1.54) is 11.1 Å². The molecule has 0 atom stereocenters. The molecule has 0 saturated carbocycles. The third-order valence-electron chi connectivity index (χ3n) is 4.03. The maximum Gasteiger partial charge on any atom is 0.0743 e. The van der Waals surface area contributed by atoms with Gasteiger partial charge in [-0.25, -0.2) is 4.68 Å². The minimum Gasteiger partial charge on any atom is -0.265 e. The lowest BCUT2D eigenvalue weighted by atomic mass is 10.0. The summed E-state index contributed by atoms with van der Waals surface area (Å²) >= 11 is 0.